The van der Waals surface area contributed by atoms with Gasteiger partial charge < -0.3 is 21.1 Å². The first-order chi connectivity index (χ1) is 13.3. The van der Waals surface area contributed by atoms with E-state index in [2.05, 4.69) is 14.9 Å². The van der Waals surface area contributed by atoms with Crippen LogP contribution < -0.4 is 16.4 Å². The number of hydrogen-bond donors (Lipinski definition) is 2. The molecule has 0 bridgehead atoms. The Morgan fingerprint density at radius 3 is 2.57 bits per heavy atom. The molecule has 4 N–H and O–H groups in total. The lowest BCUT2D eigenvalue weighted by atomic mass is 10.0. The SMILES string of the molecule is Cc1cccc(-c2cnc(N3C[C@@H]4CC(C)(OC(N)=O)C[C@@H]4C3)nc2N)c1Cl. The van der Waals surface area contributed by atoms with Gasteiger partial charge in [-0.25, -0.2) is 9.78 Å². The highest BCUT2D eigenvalue weighted by atomic mass is 35.5. The molecule has 0 radical (unpaired) electrons. The third kappa shape index (κ3) is 3.35. The number of halogens is 1. The second-order valence-corrected chi connectivity index (χ2v) is 8.49. The topological polar surface area (TPSA) is 107 Å². The second kappa shape index (κ2) is 6.81. The van der Waals surface area contributed by atoms with E-state index >= 15 is 0 Å². The summed E-state index contributed by atoms with van der Waals surface area (Å²) in [5.74, 6) is 1.87. The monoisotopic (exact) mass is 401 g/mol. The van der Waals surface area contributed by atoms with Crippen LogP contribution in [0.4, 0.5) is 16.6 Å². The summed E-state index contributed by atoms with van der Waals surface area (Å²) in [4.78, 5) is 22.4. The number of nitrogen functional groups attached to an aromatic ring is 1. The first-order valence-electron chi connectivity index (χ1n) is 9.37. The predicted molar refractivity (Wildman–Crippen MR) is 109 cm³/mol. The van der Waals surface area contributed by atoms with E-state index in [0.717, 1.165) is 42.6 Å². The molecule has 3 atom stereocenters. The van der Waals surface area contributed by atoms with E-state index in [1.807, 2.05) is 32.0 Å². The molecule has 1 saturated carbocycles. The number of ether oxygens (including phenoxy) is 1. The van der Waals surface area contributed by atoms with Crippen LogP contribution >= 0.6 is 11.6 Å². The zero-order valence-electron chi connectivity index (χ0n) is 16.0. The molecule has 1 aromatic carbocycles. The van der Waals surface area contributed by atoms with Gasteiger partial charge in [-0.1, -0.05) is 29.8 Å². The molecule has 28 heavy (non-hydrogen) atoms. The highest BCUT2D eigenvalue weighted by Gasteiger charge is 2.49. The van der Waals surface area contributed by atoms with Crippen molar-refractivity contribution in [1.82, 2.24) is 9.97 Å². The minimum absolute atomic E-state index is 0.413. The quantitative estimate of drug-likeness (QED) is 0.816. The molecule has 7 nitrogen and oxygen atoms in total. The number of rotatable bonds is 3. The number of benzene rings is 1. The number of nitrogens with two attached hydrogens (primary N) is 2. The molecule has 0 spiro atoms. The van der Waals surface area contributed by atoms with Gasteiger partial charge in [-0.2, -0.15) is 4.98 Å². The van der Waals surface area contributed by atoms with E-state index in [1.54, 1.807) is 6.20 Å². The van der Waals surface area contributed by atoms with E-state index < -0.39 is 11.7 Å². The lowest BCUT2D eigenvalue weighted by Crippen LogP contribution is -2.34. The van der Waals surface area contributed by atoms with Gasteiger partial charge >= 0.3 is 6.09 Å². The Bertz CT molecular complexity index is 921. The van der Waals surface area contributed by atoms with Crippen molar-refractivity contribution in [2.24, 2.45) is 17.6 Å². The smallest absolute Gasteiger partial charge is 0.405 e. The van der Waals surface area contributed by atoms with Crippen molar-refractivity contribution in [3.63, 3.8) is 0 Å². The largest absolute Gasteiger partial charge is 0.443 e. The first kappa shape index (κ1) is 18.8. The van der Waals surface area contributed by atoms with E-state index in [0.29, 0.717) is 28.6 Å². The molecule has 2 aromatic rings. The Morgan fingerprint density at radius 2 is 1.96 bits per heavy atom. The summed E-state index contributed by atoms with van der Waals surface area (Å²) in [6.45, 7) is 5.53. The fourth-order valence-electron chi connectivity index (χ4n) is 4.68. The fraction of sp³-hybridized carbons (Fsp3) is 0.450. The predicted octanol–water partition coefficient (Wildman–Crippen LogP) is 3.39. The number of aromatic nitrogens is 2. The summed E-state index contributed by atoms with van der Waals surface area (Å²) in [7, 11) is 0. The number of fused-ring (bicyclic) bond motifs is 1. The molecule has 1 aliphatic heterocycles. The third-order valence-corrected chi connectivity index (χ3v) is 6.38. The summed E-state index contributed by atoms with van der Waals surface area (Å²) in [6.07, 6.45) is 2.63. The van der Waals surface area contributed by atoms with Crippen molar-refractivity contribution in [2.45, 2.75) is 32.3 Å². The van der Waals surface area contributed by atoms with E-state index in [-0.39, 0.29) is 0 Å². The highest BCUT2D eigenvalue weighted by molar-refractivity contribution is 6.34. The Labute approximate surface area is 169 Å². The van der Waals surface area contributed by atoms with Crippen LogP contribution in [0.25, 0.3) is 11.1 Å². The molecule has 1 amide bonds. The van der Waals surface area contributed by atoms with Crippen LogP contribution in [0.3, 0.4) is 0 Å². The normalized spacial score (nSPS) is 26.3. The van der Waals surface area contributed by atoms with Crippen molar-refractivity contribution in [1.29, 1.82) is 0 Å². The first-order valence-corrected chi connectivity index (χ1v) is 9.75. The van der Waals surface area contributed by atoms with Gasteiger partial charge in [-0.15, -0.1) is 0 Å². The molecule has 2 aliphatic rings. The summed E-state index contributed by atoms with van der Waals surface area (Å²) >= 11 is 6.43. The number of hydrogen-bond acceptors (Lipinski definition) is 6. The number of anilines is 2. The van der Waals surface area contributed by atoms with E-state index in [9.17, 15) is 4.79 Å². The maximum Gasteiger partial charge on any atom is 0.405 e. The van der Waals surface area contributed by atoms with Crippen LogP contribution in [0.5, 0.6) is 0 Å². The number of amides is 1. The van der Waals surface area contributed by atoms with Crippen molar-refractivity contribution in [2.75, 3.05) is 23.7 Å². The van der Waals surface area contributed by atoms with Gasteiger partial charge in [0.25, 0.3) is 0 Å². The Balaban J connectivity index is 1.51. The van der Waals surface area contributed by atoms with E-state index in [4.69, 9.17) is 27.8 Å². The summed E-state index contributed by atoms with van der Waals surface area (Å²) < 4.78 is 5.34. The van der Waals surface area contributed by atoms with Crippen LogP contribution in [0, 0.1) is 18.8 Å². The molecular formula is C20H24ClN5O2. The number of carbonyl (C=O) groups excluding carboxylic acids is 1. The molecule has 1 aromatic heterocycles. The minimum Gasteiger partial charge on any atom is -0.443 e. The minimum atomic E-state index is -0.708. The maximum absolute atomic E-state index is 11.1. The van der Waals surface area contributed by atoms with Crippen molar-refractivity contribution < 1.29 is 9.53 Å². The molecule has 2 fully saturated rings. The Kier molecular flexibility index (Phi) is 4.57. The van der Waals surface area contributed by atoms with Gasteiger partial charge in [0.05, 0.1) is 5.02 Å². The summed E-state index contributed by atoms with van der Waals surface area (Å²) in [6, 6.07) is 5.82. The van der Waals surface area contributed by atoms with Crippen molar-refractivity contribution in [3.8, 4) is 11.1 Å². The van der Waals surface area contributed by atoms with Crippen LogP contribution in [-0.2, 0) is 4.74 Å². The third-order valence-electron chi connectivity index (χ3n) is 5.88. The molecule has 2 heterocycles. The average molecular weight is 402 g/mol. The zero-order chi connectivity index (χ0) is 20.1. The van der Waals surface area contributed by atoms with Crippen molar-refractivity contribution in [3.05, 3.63) is 35.0 Å². The van der Waals surface area contributed by atoms with Crippen LogP contribution in [-0.4, -0.2) is 34.8 Å². The molecule has 1 aliphatic carbocycles. The van der Waals surface area contributed by atoms with E-state index in [1.165, 1.54) is 0 Å². The molecule has 1 saturated heterocycles. The van der Waals surface area contributed by atoms with Gasteiger partial charge in [0, 0.05) is 30.4 Å². The fourth-order valence-corrected chi connectivity index (χ4v) is 4.91. The number of nitrogens with zero attached hydrogens (tertiary/aromatic N) is 3. The zero-order valence-corrected chi connectivity index (χ0v) is 16.7. The Hall–Kier alpha value is -2.54. The maximum atomic E-state index is 11.1. The van der Waals surface area contributed by atoms with Crippen molar-refractivity contribution >= 4 is 29.5 Å². The van der Waals surface area contributed by atoms with Crippen LogP contribution in [0.1, 0.15) is 25.3 Å². The van der Waals surface area contributed by atoms with Gasteiger partial charge in [-0.05, 0) is 44.1 Å². The molecule has 148 valence electrons. The molecule has 4 rings (SSSR count). The van der Waals surface area contributed by atoms with Crippen LogP contribution in [0.15, 0.2) is 24.4 Å². The van der Waals surface area contributed by atoms with Gasteiger partial charge in [0.1, 0.15) is 11.4 Å². The number of carbonyl (C=O) groups is 1. The van der Waals surface area contributed by atoms with Gasteiger partial charge in [0.2, 0.25) is 5.95 Å². The lowest BCUT2D eigenvalue weighted by molar-refractivity contribution is 0.0312. The number of aryl methyl sites for hydroxylation is 1. The van der Waals surface area contributed by atoms with Gasteiger partial charge in [-0.3, -0.25) is 0 Å². The van der Waals surface area contributed by atoms with Crippen LogP contribution in [0.2, 0.25) is 5.02 Å². The molecule has 1 unspecified atom stereocenters. The molecular weight excluding hydrogens is 378 g/mol. The number of primary amides is 1. The standard InChI is InChI=1S/C20H24ClN5O2/c1-11-4-3-5-14(16(11)21)15-8-24-19(25-17(15)22)26-9-12-6-20(2,28-18(23)27)7-13(12)10-26/h3-5,8,12-13H,6-7,9-10H2,1-2H3,(H2,23,27)(H2,22,24,25)/t12-,13+,20?. The summed E-state index contributed by atoms with van der Waals surface area (Å²) in [5.41, 5.74) is 13.5. The highest BCUT2D eigenvalue weighted by Crippen LogP contribution is 2.46. The van der Waals surface area contributed by atoms with Gasteiger partial charge in [0.15, 0.2) is 0 Å². The molecule has 8 heteroatoms. The average Bonchev–Trinajstić information content (AvgIpc) is 3.11. The lowest BCUT2D eigenvalue weighted by Gasteiger charge is -2.26. The Morgan fingerprint density at radius 1 is 1.29 bits per heavy atom. The second-order valence-electron chi connectivity index (χ2n) is 8.11. The summed E-state index contributed by atoms with van der Waals surface area (Å²) in [5, 5.41) is 0.662.